The fourth-order valence-electron chi connectivity index (χ4n) is 2.56. The zero-order valence-electron chi connectivity index (χ0n) is 16.1. The van der Waals surface area contributed by atoms with Gasteiger partial charge >= 0.3 is 0 Å². The molecule has 2 amide bonds. The lowest BCUT2D eigenvalue weighted by atomic mass is 10.0. The van der Waals surface area contributed by atoms with Crippen LogP contribution in [0.1, 0.15) is 43.3 Å². The second-order valence-electron chi connectivity index (χ2n) is 7.35. The van der Waals surface area contributed by atoms with Crippen LogP contribution in [0.5, 0.6) is 0 Å². The first-order valence-corrected chi connectivity index (χ1v) is 9.56. The third-order valence-corrected chi connectivity index (χ3v) is 5.15. The molecule has 2 rings (SSSR count). The third kappa shape index (κ3) is 5.66. The Balaban J connectivity index is 1.99. The van der Waals surface area contributed by atoms with Gasteiger partial charge in [-0.3, -0.25) is 9.59 Å². The Labute approximate surface area is 159 Å². The molecule has 0 aliphatic rings. The molecule has 26 heavy (non-hydrogen) atoms. The molecule has 0 radical (unpaired) electrons. The molecule has 0 bridgehead atoms. The highest BCUT2D eigenvalue weighted by atomic mass is 32.1. The van der Waals surface area contributed by atoms with E-state index < -0.39 is 5.54 Å². The van der Waals surface area contributed by atoms with Gasteiger partial charge in [-0.1, -0.05) is 30.3 Å². The van der Waals surface area contributed by atoms with Gasteiger partial charge in [0.2, 0.25) is 11.8 Å². The SMILES string of the molecule is Cc1nc(NC(=O)CN(C(=O)CCc2ccccc2)C(C)(C)C)sc1C. The van der Waals surface area contributed by atoms with Gasteiger partial charge in [-0.15, -0.1) is 11.3 Å². The standard InChI is InChI=1S/C20H27N3O2S/c1-14-15(2)26-19(21-14)22-17(24)13-23(20(3,4)5)18(25)12-11-16-9-7-6-8-10-16/h6-10H,11-13H2,1-5H3,(H,21,22,24). The van der Waals surface area contributed by atoms with Gasteiger partial charge in [0.1, 0.15) is 6.54 Å². The van der Waals surface area contributed by atoms with Gasteiger partial charge in [-0.25, -0.2) is 4.98 Å². The summed E-state index contributed by atoms with van der Waals surface area (Å²) in [6.45, 7) is 9.73. The number of nitrogens with zero attached hydrogens (tertiary/aromatic N) is 2. The molecule has 6 heteroatoms. The number of amides is 2. The first-order valence-electron chi connectivity index (χ1n) is 8.75. The zero-order chi connectivity index (χ0) is 19.3. The highest BCUT2D eigenvalue weighted by molar-refractivity contribution is 7.15. The minimum atomic E-state index is -0.431. The van der Waals surface area contributed by atoms with E-state index in [1.807, 2.05) is 65.0 Å². The van der Waals surface area contributed by atoms with Crippen LogP contribution in [0.15, 0.2) is 30.3 Å². The minimum Gasteiger partial charge on any atom is -0.329 e. The van der Waals surface area contributed by atoms with Crippen LogP contribution in [-0.4, -0.2) is 33.8 Å². The molecule has 0 aliphatic carbocycles. The van der Waals surface area contributed by atoms with Gasteiger partial charge in [0.25, 0.3) is 0 Å². The van der Waals surface area contributed by atoms with Crippen molar-refractivity contribution in [1.29, 1.82) is 0 Å². The molecule has 1 N–H and O–H groups in total. The van der Waals surface area contributed by atoms with Crippen molar-refractivity contribution in [2.45, 2.75) is 53.0 Å². The number of nitrogens with one attached hydrogen (secondary N) is 1. The number of rotatable bonds is 6. The first kappa shape index (κ1) is 20.1. The van der Waals surface area contributed by atoms with Crippen molar-refractivity contribution in [1.82, 2.24) is 9.88 Å². The maximum atomic E-state index is 12.7. The molecule has 2 aromatic rings. The maximum Gasteiger partial charge on any atom is 0.245 e. The van der Waals surface area contributed by atoms with Crippen LogP contribution in [0.3, 0.4) is 0 Å². The predicted octanol–water partition coefficient (Wildman–Crippen LogP) is 3.96. The van der Waals surface area contributed by atoms with E-state index in [0.29, 0.717) is 18.0 Å². The van der Waals surface area contributed by atoms with Crippen molar-refractivity contribution >= 4 is 28.3 Å². The number of hydrogen-bond donors (Lipinski definition) is 1. The van der Waals surface area contributed by atoms with E-state index in [0.717, 1.165) is 16.1 Å². The molecular weight excluding hydrogens is 346 g/mol. The van der Waals surface area contributed by atoms with E-state index in [1.54, 1.807) is 4.90 Å². The summed E-state index contributed by atoms with van der Waals surface area (Å²) >= 11 is 1.45. The fraction of sp³-hybridized carbons (Fsp3) is 0.450. The van der Waals surface area contributed by atoms with Gasteiger partial charge < -0.3 is 10.2 Å². The molecule has 0 spiro atoms. The van der Waals surface area contributed by atoms with E-state index >= 15 is 0 Å². The van der Waals surface area contributed by atoms with E-state index in [-0.39, 0.29) is 18.4 Å². The largest absolute Gasteiger partial charge is 0.329 e. The molecular formula is C20H27N3O2S. The number of aryl methyl sites for hydroxylation is 3. The fourth-order valence-corrected chi connectivity index (χ4v) is 3.39. The molecule has 1 aromatic carbocycles. The molecule has 1 aromatic heterocycles. The lowest BCUT2D eigenvalue weighted by molar-refractivity contribution is -0.139. The van der Waals surface area contributed by atoms with E-state index in [9.17, 15) is 9.59 Å². The zero-order valence-corrected chi connectivity index (χ0v) is 16.9. The first-order chi connectivity index (χ1) is 12.2. The molecule has 0 saturated heterocycles. The van der Waals surface area contributed by atoms with E-state index in [4.69, 9.17) is 0 Å². The van der Waals surface area contributed by atoms with Crippen molar-refractivity contribution in [2.24, 2.45) is 0 Å². The Hall–Kier alpha value is -2.21. The average molecular weight is 374 g/mol. The lowest BCUT2D eigenvalue weighted by Crippen LogP contribution is -2.49. The highest BCUT2D eigenvalue weighted by Gasteiger charge is 2.28. The van der Waals surface area contributed by atoms with Crippen molar-refractivity contribution in [3.63, 3.8) is 0 Å². The highest BCUT2D eigenvalue weighted by Crippen LogP contribution is 2.22. The number of anilines is 1. The Morgan fingerprint density at radius 3 is 2.35 bits per heavy atom. The topological polar surface area (TPSA) is 62.3 Å². The molecule has 140 valence electrons. The Morgan fingerprint density at radius 1 is 1.15 bits per heavy atom. The second kappa shape index (κ2) is 8.45. The summed E-state index contributed by atoms with van der Waals surface area (Å²) in [6, 6.07) is 9.90. The van der Waals surface area contributed by atoms with E-state index in [2.05, 4.69) is 10.3 Å². The smallest absolute Gasteiger partial charge is 0.245 e. The summed E-state index contributed by atoms with van der Waals surface area (Å²) < 4.78 is 0. The number of hydrogen-bond acceptors (Lipinski definition) is 4. The van der Waals surface area contributed by atoms with Crippen LogP contribution in [0.2, 0.25) is 0 Å². The minimum absolute atomic E-state index is 0.0226. The van der Waals surface area contributed by atoms with Crippen molar-refractivity contribution < 1.29 is 9.59 Å². The van der Waals surface area contributed by atoms with Crippen LogP contribution in [-0.2, 0) is 16.0 Å². The number of carbonyl (C=O) groups is 2. The molecule has 1 heterocycles. The molecule has 0 saturated carbocycles. The predicted molar refractivity (Wildman–Crippen MR) is 106 cm³/mol. The van der Waals surface area contributed by atoms with Gasteiger partial charge in [0.05, 0.1) is 5.69 Å². The quantitative estimate of drug-likeness (QED) is 0.834. The normalized spacial score (nSPS) is 11.3. The number of carbonyl (C=O) groups excluding carboxylic acids is 2. The maximum absolute atomic E-state index is 12.7. The monoisotopic (exact) mass is 373 g/mol. The average Bonchev–Trinajstić information content (AvgIpc) is 2.88. The summed E-state index contributed by atoms with van der Waals surface area (Å²) in [5, 5.41) is 3.39. The summed E-state index contributed by atoms with van der Waals surface area (Å²) in [5.74, 6) is -0.246. The van der Waals surface area contributed by atoms with Crippen molar-refractivity contribution in [3.05, 3.63) is 46.5 Å². The summed E-state index contributed by atoms with van der Waals surface area (Å²) in [4.78, 5) is 32.2. The molecule has 0 atom stereocenters. The molecule has 5 nitrogen and oxygen atoms in total. The van der Waals surface area contributed by atoms with Gasteiger partial charge in [-0.2, -0.15) is 0 Å². The third-order valence-electron chi connectivity index (χ3n) is 4.16. The van der Waals surface area contributed by atoms with Crippen molar-refractivity contribution in [3.8, 4) is 0 Å². The van der Waals surface area contributed by atoms with Crippen molar-refractivity contribution in [2.75, 3.05) is 11.9 Å². The Bertz CT molecular complexity index is 744. The molecule has 0 aliphatic heterocycles. The Kier molecular flexibility index (Phi) is 6.53. The van der Waals surface area contributed by atoms with Gasteiger partial charge in [0, 0.05) is 16.8 Å². The van der Waals surface area contributed by atoms with Crippen LogP contribution in [0, 0.1) is 13.8 Å². The van der Waals surface area contributed by atoms with Crippen LogP contribution in [0.25, 0.3) is 0 Å². The Morgan fingerprint density at radius 2 is 1.81 bits per heavy atom. The lowest BCUT2D eigenvalue weighted by Gasteiger charge is -2.35. The number of benzene rings is 1. The van der Waals surface area contributed by atoms with Gasteiger partial charge in [0.15, 0.2) is 5.13 Å². The molecule has 0 unspecified atom stereocenters. The van der Waals surface area contributed by atoms with Crippen LogP contribution in [0.4, 0.5) is 5.13 Å². The number of thiazole rings is 1. The van der Waals surface area contributed by atoms with E-state index in [1.165, 1.54) is 11.3 Å². The second-order valence-corrected chi connectivity index (χ2v) is 8.55. The van der Waals surface area contributed by atoms with Crippen LogP contribution >= 0.6 is 11.3 Å². The summed E-state index contributed by atoms with van der Waals surface area (Å²) in [5.41, 5.74) is 1.60. The summed E-state index contributed by atoms with van der Waals surface area (Å²) in [6.07, 6.45) is 1.04. The number of aromatic nitrogens is 1. The van der Waals surface area contributed by atoms with Gasteiger partial charge in [-0.05, 0) is 46.6 Å². The molecule has 0 fully saturated rings. The summed E-state index contributed by atoms with van der Waals surface area (Å²) in [7, 11) is 0. The van der Waals surface area contributed by atoms with Crippen LogP contribution < -0.4 is 5.32 Å².